The highest BCUT2D eigenvalue weighted by Crippen LogP contribution is 2.35. The Balaban J connectivity index is 2.28. The smallest absolute Gasteiger partial charge is 0.345 e. The predicted molar refractivity (Wildman–Crippen MR) is 69.5 cm³/mol. The Bertz CT molecular complexity index is 451. The number of hydrogen-bond donors (Lipinski definition) is 2. The summed E-state index contributed by atoms with van der Waals surface area (Å²) in [5, 5.41) is 7.60. The van der Waals surface area contributed by atoms with E-state index >= 15 is 0 Å². The number of aromatic nitrogens is 2. The fraction of sp³-hybridized carbons (Fsp3) is 0.667. The zero-order chi connectivity index (χ0) is 13.3. The monoisotopic (exact) mass is 252 g/mol. The molecule has 0 aromatic carbocycles. The molecule has 0 amide bonds. The Morgan fingerprint density at radius 2 is 2.33 bits per heavy atom. The molecule has 1 atom stereocenters. The van der Waals surface area contributed by atoms with Crippen LogP contribution >= 0.6 is 0 Å². The first-order valence-corrected chi connectivity index (χ1v) is 6.29. The average molecular weight is 252 g/mol. The van der Waals surface area contributed by atoms with E-state index in [9.17, 15) is 4.79 Å². The van der Waals surface area contributed by atoms with Gasteiger partial charge in [0.2, 0.25) is 0 Å². The molecule has 0 bridgehead atoms. The van der Waals surface area contributed by atoms with Crippen LogP contribution in [0.5, 0.6) is 0 Å². The van der Waals surface area contributed by atoms with Crippen molar-refractivity contribution in [2.75, 3.05) is 18.2 Å². The van der Waals surface area contributed by atoms with Gasteiger partial charge in [-0.2, -0.15) is 5.10 Å². The average Bonchev–Trinajstić information content (AvgIpc) is 3.15. The van der Waals surface area contributed by atoms with Crippen molar-refractivity contribution in [2.45, 2.75) is 39.3 Å². The highest BCUT2D eigenvalue weighted by atomic mass is 16.5. The fourth-order valence-corrected chi connectivity index (χ4v) is 2.05. The Morgan fingerprint density at radius 1 is 1.67 bits per heavy atom. The van der Waals surface area contributed by atoms with Crippen molar-refractivity contribution in [3.05, 3.63) is 5.56 Å². The first-order valence-electron chi connectivity index (χ1n) is 6.29. The van der Waals surface area contributed by atoms with Crippen LogP contribution in [0, 0.1) is 5.92 Å². The Morgan fingerprint density at radius 3 is 2.83 bits per heavy atom. The number of carbonyl (C=O) groups is 1. The van der Waals surface area contributed by atoms with Gasteiger partial charge in [0, 0.05) is 12.6 Å². The van der Waals surface area contributed by atoms with Gasteiger partial charge in [0.1, 0.15) is 11.4 Å². The summed E-state index contributed by atoms with van der Waals surface area (Å²) in [6.07, 6.45) is 2.46. The summed E-state index contributed by atoms with van der Waals surface area (Å²) < 4.78 is 6.37. The number of carbonyl (C=O) groups excluding carboxylic acids is 1. The van der Waals surface area contributed by atoms with E-state index in [0.717, 1.165) is 0 Å². The highest BCUT2D eigenvalue weighted by Gasteiger charge is 2.30. The van der Waals surface area contributed by atoms with Crippen LogP contribution in [-0.2, 0) is 11.3 Å². The number of anilines is 2. The van der Waals surface area contributed by atoms with Crippen LogP contribution < -0.4 is 11.1 Å². The van der Waals surface area contributed by atoms with E-state index in [1.54, 1.807) is 4.68 Å². The molecular weight excluding hydrogens is 232 g/mol. The lowest BCUT2D eigenvalue weighted by Crippen LogP contribution is -2.19. The minimum absolute atomic E-state index is 0.299. The van der Waals surface area contributed by atoms with E-state index < -0.39 is 5.97 Å². The molecule has 2 rings (SSSR count). The Hall–Kier alpha value is -1.72. The molecule has 1 fully saturated rings. The molecule has 0 saturated heterocycles. The van der Waals surface area contributed by atoms with Crippen molar-refractivity contribution in [1.29, 1.82) is 0 Å². The molecule has 0 spiro atoms. The number of nitrogens with two attached hydrogens (primary N) is 1. The predicted octanol–water partition coefficient (Wildman–Crippen LogP) is 1.48. The second-order valence-electron chi connectivity index (χ2n) is 4.69. The lowest BCUT2D eigenvalue weighted by atomic mass is 10.2. The molecule has 6 nitrogen and oxygen atoms in total. The number of hydrogen-bond acceptors (Lipinski definition) is 5. The van der Waals surface area contributed by atoms with Crippen LogP contribution in [0.25, 0.3) is 0 Å². The third kappa shape index (κ3) is 2.27. The summed E-state index contributed by atoms with van der Waals surface area (Å²) in [5.41, 5.74) is 6.26. The third-order valence-electron chi connectivity index (χ3n) is 3.37. The van der Waals surface area contributed by atoms with Gasteiger partial charge in [0.05, 0.1) is 7.11 Å². The second-order valence-corrected chi connectivity index (χ2v) is 4.69. The van der Waals surface area contributed by atoms with E-state index in [1.165, 1.54) is 20.0 Å². The lowest BCUT2D eigenvalue weighted by molar-refractivity contribution is 0.0603. The van der Waals surface area contributed by atoms with Crippen LogP contribution in [0.15, 0.2) is 0 Å². The van der Waals surface area contributed by atoms with Gasteiger partial charge in [-0.1, -0.05) is 0 Å². The number of nitrogen functional groups attached to an aromatic ring is 1. The molecule has 1 saturated carbocycles. The number of methoxy groups -OCH3 is 1. The van der Waals surface area contributed by atoms with E-state index in [1.807, 2.05) is 6.92 Å². The fourth-order valence-electron chi connectivity index (χ4n) is 2.05. The first-order chi connectivity index (χ1) is 8.58. The molecule has 3 N–H and O–H groups in total. The first kappa shape index (κ1) is 12.7. The van der Waals surface area contributed by atoms with Crippen molar-refractivity contribution >= 4 is 17.6 Å². The van der Waals surface area contributed by atoms with Gasteiger partial charge >= 0.3 is 5.97 Å². The van der Waals surface area contributed by atoms with E-state index in [0.29, 0.717) is 35.7 Å². The van der Waals surface area contributed by atoms with Crippen LogP contribution in [0.2, 0.25) is 0 Å². The zero-order valence-electron chi connectivity index (χ0n) is 11.1. The summed E-state index contributed by atoms with van der Waals surface area (Å²) in [6, 6.07) is 0.299. The minimum Gasteiger partial charge on any atom is -0.465 e. The molecule has 0 aliphatic heterocycles. The third-order valence-corrected chi connectivity index (χ3v) is 3.37. The maximum atomic E-state index is 11.8. The van der Waals surface area contributed by atoms with E-state index in [-0.39, 0.29) is 0 Å². The minimum atomic E-state index is -0.447. The molecule has 1 aromatic rings. The van der Waals surface area contributed by atoms with Crippen molar-refractivity contribution in [3.63, 3.8) is 0 Å². The Labute approximate surface area is 106 Å². The van der Waals surface area contributed by atoms with Crippen LogP contribution in [0.1, 0.15) is 37.0 Å². The summed E-state index contributed by atoms with van der Waals surface area (Å²) in [4.78, 5) is 11.8. The van der Waals surface area contributed by atoms with Gasteiger partial charge in [-0.25, -0.2) is 9.48 Å². The molecule has 100 valence electrons. The van der Waals surface area contributed by atoms with E-state index in [2.05, 4.69) is 17.3 Å². The second kappa shape index (κ2) is 4.88. The largest absolute Gasteiger partial charge is 0.465 e. The summed E-state index contributed by atoms with van der Waals surface area (Å²) >= 11 is 0. The normalized spacial score (nSPS) is 16.4. The van der Waals surface area contributed by atoms with Crippen molar-refractivity contribution in [2.24, 2.45) is 5.92 Å². The van der Waals surface area contributed by atoms with Gasteiger partial charge < -0.3 is 15.8 Å². The molecule has 1 heterocycles. The Kier molecular flexibility index (Phi) is 3.45. The summed E-state index contributed by atoms with van der Waals surface area (Å²) in [6.45, 7) is 4.65. The van der Waals surface area contributed by atoms with Crippen LogP contribution in [0.3, 0.4) is 0 Å². The number of nitrogens with zero attached hydrogens (tertiary/aromatic N) is 2. The molecule has 0 radical (unpaired) electrons. The van der Waals surface area contributed by atoms with E-state index in [4.69, 9.17) is 10.5 Å². The standard InChI is InChI=1S/C12H20N4O2/c1-4-16-10(13)9(12(17)18-3)11(15-16)14-7(2)8-5-6-8/h7-8H,4-6,13H2,1-3H3,(H,14,15). The van der Waals surface area contributed by atoms with Gasteiger partial charge in [-0.15, -0.1) is 0 Å². The maximum absolute atomic E-state index is 11.8. The number of aryl methyl sites for hydroxylation is 1. The molecule has 6 heteroatoms. The number of nitrogens with one attached hydrogen (secondary N) is 1. The number of ether oxygens (including phenoxy) is 1. The topological polar surface area (TPSA) is 82.2 Å². The van der Waals surface area contributed by atoms with Crippen LogP contribution in [0.4, 0.5) is 11.6 Å². The lowest BCUT2D eigenvalue weighted by Gasteiger charge is -2.12. The van der Waals surface area contributed by atoms with Gasteiger partial charge in [-0.05, 0) is 32.6 Å². The molecule has 1 aliphatic rings. The molecule has 1 aliphatic carbocycles. The van der Waals surface area contributed by atoms with Crippen LogP contribution in [-0.4, -0.2) is 28.9 Å². The maximum Gasteiger partial charge on any atom is 0.345 e. The number of rotatable bonds is 5. The van der Waals surface area contributed by atoms with Gasteiger partial charge in [-0.3, -0.25) is 0 Å². The SMILES string of the molecule is CCn1nc(NC(C)C2CC2)c(C(=O)OC)c1N. The highest BCUT2D eigenvalue weighted by molar-refractivity contribution is 5.99. The van der Waals surface area contributed by atoms with Crippen molar-refractivity contribution in [3.8, 4) is 0 Å². The molecule has 18 heavy (non-hydrogen) atoms. The summed E-state index contributed by atoms with van der Waals surface area (Å²) in [5.74, 6) is 1.11. The summed E-state index contributed by atoms with van der Waals surface area (Å²) in [7, 11) is 1.35. The van der Waals surface area contributed by atoms with Gasteiger partial charge in [0.25, 0.3) is 0 Å². The number of esters is 1. The van der Waals surface area contributed by atoms with Gasteiger partial charge in [0.15, 0.2) is 5.82 Å². The quantitative estimate of drug-likeness (QED) is 0.776. The molecular formula is C12H20N4O2. The van der Waals surface area contributed by atoms with Crippen molar-refractivity contribution in [1.82, 2.24) is 9.78 Å². The molecule has 1 unspecified atom stereocenters. The van der Waals surface area contributed by atoms with Crippen molar-refractivity contribution < 1.29 is 9.53 Å². The zero-order valence-corrected chi connectivity index (χ0v) is 11.1. The molecule has 1 aromatic heterocycles.